The van der Waals surface area contributed by atoms with Gasteiger partial charge in [0, 0.05) is 17.5 Å². The van der Waals surface area contributed by atoms with Crippen LogP contribution in [0, 0.1) is 6.92 Å². The Morgan fingerprint density at radius 2 is 1.91 bits per heavy atom. The number of carbonyl (C=O) groups is 1. The van der Waals surface area contributed by atoms with Crippen LogP contribution in [0.4, 0.5) is 0 Å². The maximum Gasteiger partial charge on any atom is 0.166 e. The summed E-state index contributed by atoms with van der Waals surface area (Å²) in [6, 6.07) is 13.4. The third-order valence-corrected chi connectivity index (χ3v) is 3.85. The van der Waals surface area contributed by atoms with Gasteiger partial charge in [0.15, 0.2) is 5.78 Å². The predicted octanol–water partition coefficient (Wildman–Crippen LogP) is 5.02. The average molecular weight is 306 g/mol. The van der Waals surface area contributed by atoms with Gasteiger partial charge in [-0.15, -0.1) is 0 Å². The van der Waals surface area contributed by atoms with E-state index >= 15 is 0 Å². The van der Waals surface area contributed by atoms with E-state index in [-0.39, 0.29) is 5.78 Å². The van der Waals surface area contributed by atoms with Crippen molar-refractivity contribution >= 4 is 11.9 Å². The van der Waals surface area contributed by atoms with Crippen LogP contribution in [-0.4, -0.2) is 12.9 Å². The lowest BCUT2D eigenvalue weighted by Gasteiger charge is -2.13. The third-order valence-electron chi connectivity index (χ3n) is 3.85. The molecule has 0 radical (unpaired) electrons. The molecule has 0 saturated heterocycles. The van der Waals surface area contributed by atoms with Gasteiger partial charge in [-0.2, -0.15) is 0 Å². The second-order valence-electron chi connectivity index (χ2n) is 5.62. The Bertz CT molecular complexity index is 727. The molecule has 0 aliphatic heterocycles. The monoisotopic (exact) mass is 306 g/mol. The standard InChI is InChI=1S/C21H22O2/c1-5-17-13-16(3)19(14-21(17)23-4)11-15(2)12-20(22)18-9-7-6-8-10-18/h5-10,13-14H,1-2,11-12H2,3-4H3. The van der Waals surface area contributed by atoms with Crippen LogP contribution in [0.1, 0.15) is 33.5 Å². The second kappa shape index (κ2) is 7.59. The van der Waals surface area contributed by atoms with E-state index in [4.69, 9.17) is 4.74 Å². The first-order chi connectivity index (χ1) is 11.0. The fourth-order valence-corrected chi connectivity index (χ4v) is 2.56. The molecule has 0 N–H and O–H groups in total. The van der Waals surface area contributed by atoms with Gasteiger partial charge in [0.1, 0.15) is 5.75 Å². The number of methoxy groups -OCH3 is 1. The van der Waals surface area contributed by atoms with Crippen LogP contribution in [0.15, 0.2) is 61.2 Å². The Labute approximate surface area is 138 Å². The van der Waals surface area contributed by atoms with Crippen molar-refractivity contribution in [2.45, 2.75) is 19.8 Å². The largest absolute Gasteiger partial charge is 0.496 e. The molecule has 0 saturated carbocycles. The molecule has 2 nitrogen and oxygen atoms in total. The molecule has 0 atom stereocenters. The molecule has 0 bridgehead atoms. The van der Waals surface area contributed by atoms with Crippen LogP contribution >= 0.6 is 0 Å². The van der Waals surface area contributed by atoms with Crippen molar-refractivity contribution in [3.8, 4) is 5.75 Å². The number of Topliss-reactive ketones (excluding diaryl/α,β-unsaturated/α-hetero) is 1. The van der Waals surface area contributed by atoms with Gasteiger partial charge in [-0.25, -0.2) is 0 Å². The molecule has 0 aliphatic carbocycles. The Morgan fingerprint density at radius 3 is 2.52 bits per heavy atom. The molecule has 0 amide bonds. The molecular formula is C21H22O2. The van der Waals surface area contributed by atoms with Crippen molar-refractivity contribution in [1.82, 2.24) is 0 Å². The number of ether oxygens (including phenoxy) is 1. The third kappa shape index (κ3) is 4.19. The van der Waals surface area contributed by atoms with Crippen molar-refractivity contribution in [2.75, 3.05) is 7.11 Å². The van der Waals surface area contributed by atoms with Crippen LogP contribution in [0.25, 0.3) is 6.08 Å². The zero-order valence-electron chi connectivity index (χ0n) is 13.8. The lowest BCUT2D eigenvalue weighted by atomic mass is 9.95. The minimum absolute atomic E-state index is 0.0999. The first-order valence-corrected chi connectivity index (χ1v) is 7.60. The highest BCUT2D eigenvalue weighted by molar-refractivity contribution is 5.97. The summed E-state index contributed by atoms with van der Waals surface area (Å²) in [7, 11) is 1.65. The molecule has 0 fully saturated rings. The van der Waals surface area contributed by atoms with Gasteiger partial charge in [-0.3, -0.25) is 4.79 Å². The molecule has 2 aromatic rings. The number of aryl methyl sites for hydroxylation is 1. The minimum Gasteiger partial charge on any atom is -0.496 e. The van der Waals surface area contributed by atoms with Crippen LogP contribution in [0.2, 0.25) is 0 Å². The van der Waals surface area contributed by atoms with E-state index in [1.165, 1.54) is 0 Å². The van der Waals surface area contributed by atoms with E-state index in [1.807, 2.05) is 49.4 Å². The molecule has 2 heteroatoms. The summed E-state index contributed by atoms with van der Waals surface area (Å²) in [5.41, 5.74) is 4.87. The van der Waals surface area contributed by atoms with Crippen LogP contribution < -0.4 is 4.74 Å². The SMILES string of the molecule is C=Cc1cc(C)c(CC(=C)CC(=O)c2ccccc2)cc1OC. The van der Waals surface area contributed by atoms with Crippen molar-refractivity contribution in [3.05, 3.63) is 83.4 Å². The molecule has 0 aromatic heterocycles. The summed E-state index contributed by atoms with van der Waals surface area (Å²) in [6.07, 6.45) is 2.80. The fraction of sp³-hybridized carbons (Fsp3) is 0.190. The van der Waals surface area contributed by atoms with Crippen LogP contribution in [0.3, 0.4) is 0 Å². The van der Waals surface area contributed by atoms with Gasteiger partial charge < -0.3 is 4.74 Å². The number of allylic oxidation sites excluding steroid dienone is 1. The molecule has 0 heterocycles. The first-order valence-electron chi connectivity index (χ1n) is 7.60. The Kier molecular flexibility index (Phi) is 5.53. The van der Waals surface area contributed by atoms with Gasteiger partial charge in [0.2, 0.25) is 0 Å². The molecule has 0 spiro atoms. The van der Waals surface area contributed by atoms with Crippen molar-refractivity contribution in [2.24, 2.45) is 0 Å². The minimum atomic E-state index is 0.0999. The van der Waals surface area contributed by atoms with E-state index in [0.29, 0.717) is 12.8 Å². The molecule has 2 aromatic carbocycles. The first kappa shape index (κ1) is 16.8. The zero-order valence-corrected chi connectivity index (χ0v) is 13.8. The average Bonchev–Trinajstić information content (AvgIpc) is 2.56. The molecule has 0 aliphatic rings. The van der Waals surface area contributed by atoms with E-state index in [1.54, 1.807) is 13.2 Å². The second-order valence-corrected chi connectivity index (χ2v) is 5.62. The summed E-state index contributed by atoms with van der Waals surface area (Å²) < 4.78 is 5.40. The maximum atomic E-state index is 12.3. The highest BCUT2D eigenvalue weighted by Crippen LogP contribution is 2.26. The lowest BCUT2D eigenvalue weighted by molar-refractivity contribution is 0.0992. The molecule has 23 heavy (non-hydrogen) atoms. The van der Waals surface area contributed by atoms with Crippen LogP contribution in [0.5, 0.6) is 5.75 Å². The Balaban J connectivity index is 2.11. The fourth-order valence-electron chi connectivity index (χ4n) is 2.56. The van der Waals surface area contributed by atoms with Crippen LogP contribution in [-0.2, 0) is 6.42 Å². The van der Waals surface area contributed by atoms with E-state index in [0.717, 1.165) is 33.6 Å². The number of ketones is 1. The van der Waals surface area contributed by atoms with Crippen molar-refractivity contribution in [3.63, 3.8) is 0 Å². The van der Waals surface area contributed by atoms with Gasteiger partial charge >= 0.3 is 0 Å². The van der Waals surface area contributed by atoms with E-state index < -0.39 is 0 Å². The van der Waals surface area contributed by atoms with Gasteiger partial charge in [-0.05, 0) is 36.6 Å². The van der Waals surface area contributed by atoms with E-state index in [9.17, 15) is 4.79 Å². The van der Waals surface area contributed by atoms with Gasteiger partial charge in [-0.1, -0.05) is 55.1 Å². The predicted molar refractivity (Wildman–Crippen MR) is 96.1 cm³/mol. The summed E-state index contributed by atoms with van der Waals surface area (Å²) in [5.74, 6) is 0.894. The molecular weight excluding hydrogens is 284 g/mol. The highest BCUT2D eigenvalue weighted by atomic mass is 16.5. The van der Waals surface area contributed by atoms with Gasteiger partial charge in [0.25, 0.3) is 0 Å². The smallest absolute Gasteiger partial charge is 0.166 e. The quantitative estimate of drug-likeness (QED) is 0.530. The number of hydrogen-bond donors (Lipinski definition) is 0. The summed E-state index contributed by atoms with van der Waals surface area (Å²) in [4.78, 5) is 12.3. The summed E-state index contributed by atoms with van der Waals surface area (Å²) in [6.45, 7) is 9.92. The Hall–Kier alpha value is -2.61. The Morgan fingerprint density at radius 1 is 1.22 bits per heavy atom. The highest BCUT2D eigenvalue weighted by Gasteiger charge is 2.11. The molecule has 118 valence electrons. The van der Waals surface area contributed by atoms with Gasteiger partial charge in [0.05, 0.1) is 7.11 Å². The summed E-state index contributed by atoms with van der Waals surface area (Å²) >= 11 is 0. The number of rotatable bonds is 7. The number of benzene rings is 2. The maximum absolute atomic E-state index is 12.3. The van der Waals surface area contributed by atoms with Crippen molar-refractivity contribution in [1.29, 1.82) is 0 Å². The summed E-state index contributed by atoms with van der Waals surface area (Å²) in [5, 5.41) is 0. The molecule has 2 rings (SSSR count). The lowest BCUT2D eigenvalue weighted by Crippen LogP contribution is -2.03. The molecule has 0 unspecified atom stereocenters. The topological polar surface area (TPSA) is 26.3 Å². The van der Waals surface area contributed by atoms with Crippen molar-refractivity contribution < 1.29 is 9.53 Å². The normalized spacial score (nSPS) is 10.2. The number of carbonyl (C=O) groups excluding carboxylic acids is 1. The van der Waals surface area contributed by atoms with E-state index in [2.05, 4.69) is 13.2 Å². The number of hydrogen-bond acceptors (Lipinski definition) is 2. The zero-order chi connectivity index (χ0) is 16.8.